The van der Waals surface area contributed by atoms with Gasteiger partial charge in [-0.25, -0.2) is 0 Å². The fourth-order valence-corrected chi connectivity index (χ4v) is 3.37. The summed E-state index contributed by atoms with van der Waals surface area (Å²) in [5.41, 5.74) is 1.06. The lowest BCUT2D eigenvalue weighted by atomic mass is 9.76. The maximum Gasteiger partial charge on any atom is 0.0818 e. The lowest BCUT2D eigenvalue weighted by Crippen LogP contribution is -2.21. The molecule has 0 radical (unpaired) electrons. The molecular weight excluding hydrogens is 276 g/mol. The highest BCUT2D eigenvalue weighted by molar-refractivity contribution is 9.10. The number of aliphatic hydroxyl groups is 1. The van der Waals surface area contributed by atoms with Crippen molar-refractivity contribution < 1.29 is 5.11 Å². The first-order valence-corrected chi connectivity index (χ1v) is 7.43. The molecule has 0 amide bonds. The van der Waals surface area contributed by atoms with Gasteiger partial charge in [-0.05, 0) is 42.4 Å². The maximum absolute atomic E-state index is 10.5. The van der Waals surface area contributed by atoms with Gasteiger partial charge in [0.15, 0.2) is 0 Å². The van der Waals surface area contributed by atoms with Crippen LogP contribution in [-0.4, -0.2) is 5.11 Å². The summed E-state index contributed by atoms with van der Waals surface area (Å²) in [4.78, 5) is 0. The maximum atomic E-state index is 10.5. The molecule has 2 heteroatoms. The van der Waals surface area contributed by atoms with E-state index in [-0.39, 0.29) is 6.10 Å². The highest BCUT2D eigenvalue weighted by atomic mass is 79.9. The van der Waals surface area contributed by atoms with Gasteiger partial charge in [0.2, 0.25) is 0 Å². The Morgan fingerprint density at radius 1 is 1.41 bits per heavy atom. The van der Waals surface area contributed by atoms with Crippen LogP contribution in [0, 0.1) is 11.8 Å². The third-order valence-corrected chi connectivity index (χ3v) is 4.53. The van der Waals surface area contributed by atoms with Gasteiger partial charge >= 0.3 is 0 Å². The minimum atomic E-state index is -0.290. The summed E-state index contributed by atoms with van der Waals surface area (Å²) < 4.78 is 1.05. The van der Waals surface area contributed by atoms with Crippen LogP contribution < -0.4 is 0 Å². The van der Waals surface area contributed by atoms with Crippen LogP contribution in [0.4, 0.5) is 0 Å². The van der Waals surface area contributed by atoms with E-state index in [0.29, 0.717) is 5.92 Å². The molecule has 3 atom stereocenters. The average molecular weight is 297 g/mol. The van der Waals surface area contributed by atoms with E-state index in [9.17, 15) is 5.11 Å². The summed E-state index contributed by atoms with van der Waals surface area (Å²) in [5, 5.41) is 10.5. The van der Waals surface area contributed by atoms with Gasteiger partial charge in [-0.1, -0.05) is 54.2 Å². The second kappa shape index (κ2) is 6.01. The summed E-state index contributed by atoms with van der Waals surface area (Å²) in [6, 6.07) is 8.08. The van der Waals surface area contributed by atoms with Crippen molar-refractivity contribution in [2.45, 2.75) is 45.1 Å². The molecule has 0 spiro atoms. The Hall–Kier alpha value is -0.340. The van der Waals surface area contributed by atoms with Crippen molar-refractivity contribution in [3.63, 3.8) is 0 Å². The monoisotopic (exact) mass is 296 g/mol. The van der Waals surface area contributed by atoms with Crippen molar-refractivity contribution in [1.29, 1.82) is 0 Å². The third-order valence-electron chi connectivity index (χ3n) is 4.04. The van der Waals surface area contributed by atoms with Crippen LogP contribution >= 0.6 is 15.9 Å². The predicted molar refractivity (Wildman–Crippen MR) is 74.8 cm³/mol. The smallest absolute Gasteiger partial charge is 0.0818 e. The summed E-state index contributed by atoms with van der Waals surface area (Å²) in [5.74, 6) is 1.26. The van der Waals surface area contributed by atoms with Crippen molar-refractivity contribution >= 4 is 15.9 Å². The van der Waals surface area contributed by atoms with Crippen molar-refractivity contribution in [3.05, 3.63) is 34.3 Å². The van der Waals surface area contributed by atoms with E-state index in [1.165, 1.54) is 32.1 Å². The van der Waals surface area contributed by atoms with E-state index in [4.69, 9.17) is 0 Å². The molecule has 0 bridgehead atoms. The van der Waals surface area contributed by atoms with Crippen LogP contribution in [0.15, 0.2) is 28.7 Å². The first-order chi connectivity index (χ1) is 8.20. The summed E-state index contributed by atoms with van der Waals surface area (Å²) in [6.07, 6.45) is 5.93. The Morgan fingerprint density at radius 3 is 2.94 bits per heavy atom. The number of benzene rings is 1. The second-order valence-corrected chi connectivity index (χ2v) is 6.12. The van der Waals surface area contributed by atoms with E-state index < -0.39 is 0 Å². The van der Waals surface area contributed by atoms with Gasteiger partial charge in [-0.3, -0.25) is 0 Å². The molecule has 1 fully saturated rings. The molecule has 0 aliphatic heterocycles. The molecule has 1 aliphatic rings. The fraction of sp³-hybridized carbons (Fsp3) is 0.600. The number of hydrogen-bond donors (Lipinski definition) is 1. The lowest BCUT2D eigenvalue weighted by Gasteiger charge is -2.32. The second-order valence-electron chi connectivity index (χ2n) is 5.20. The van der Waals surface area contributed by atoms with E-state index in [1.54, 1.807) is 0 Å². The van der Waals surface area contributed by atoms with Gasteiger partial charge in [0.1, 0.15) is 0 Å². The van der Waals surface area contributed by atoms with E-state index in [1.807, 2.05) is 24.3 Å². The van der Waals surface area contributed by atoms with Crippen molar-refractivity contribution in [3.8, 4) is 0 Å². The molecule has 3 unspecified atom stereocenters. The van der Waals surface area contributed by atoms with Crippen molar-refractivity contribution in [2.24, 2.45) is 11.8 Å². The largest absolute Gasteiger partial charge is 0.388 e. The Bertz CT molecular complexity index is 364. The molecule has 1 N–H and O–H groups in total. The highest BCUT2D eigenvalue weighted by Gasteiger charge is 2.27. The molecular formula is C15H21BrO. The first kappa shape index (κ1) is 13.1. The van der Waals surface area contributed by atoms with E-state index in [0.717, 1.165) is 16.0 Å². The first-order valence-electron chi connectivity index (χ1n) is 6.64. The molecule has 0 saturated heterocycles. The standard InChI is InChI=1S/C15H21BrO/c1-2-11-5-3-6-12(9-11)15(17)13-7-4-8-14(16)10-13/h4,7-8,10-12,15,17H,2-3,5-6,9H2,1H3. The number of halogens is 1. The van der Waals surface area contributed by atoms with Crippen molar-refractivity contribution in [2.75, 3.05) is 0 Å². The summed E-state index contributed by atoms with van der Waals surface area (Å²) >= 11 is 3.47. The van der Waals surface area contributed by atoms with Gasteiger partial charge in [0.25, 0.3) is 0 Å². The summed E-state index contributed by atoms with van der Waals surface area (Å²) in [6.45, 7) is 2.26. The van der Waals surface area contributed by atoms with Crippen LogP contribution in [0.3, 0.4) is 0 Å². The molecule has 0 heterocycles. The zero-order valence-corrected chi connectivity index (χ0v) is 12.0. The molecule has 1 aromatic rings. The molecule has 2 rings (SSSR count). The number of aliphatic hydroxyl groups excluding tert-OH is 1. The van der Waals surface area contributed by atoms with Crippen LogP contribution in [0.25, 0.3) is 0 Å². The third kappa shape index (κ3) is 3.32. The Kier molecular flexibility index (Phi) is 4.63. The SMILES string of the molecule is CCC1CCCC(C(O)c2cccc(Br)c2)C1. The Balaban J connectivity index is 2.06. The molecule has 1 saturated carbocycles. The van der Waals surface area contributed by atoms with Gasteiger partial charge in [-0.15, -0.1) is 0 Å². The van der Waals surface area contributed by atoms with E-state index in [2.05, 4.69) is 22.9 Å². The zero-order chi connectivity index (χ0) is 12.3. The Morgan fingerprint density at radius 2 is 2.24 bits per heavy atom. The van der Waals surface area contributed by atoms with Gasteiger partial charge in [-0.2, -0.15) is 0 Å². The molecule has 1 aliphatic carbocycles. The van der Waals surface area contributed by atoms with Crippen LogP contribution in [0.1, 0.15) is 50.7 Å². The minimum absolute atomic E-state index is 0.290. The number of hydrogen-bond acceptors (Lipinski definition) is 1. The Labute approximate surface area is 112 Å². The molecule has 94 valence electrons. The number of rotatable bonds is 3. The zero-order valence-electron chi connectivity index (χ0n) is 10.4. The van der Waals surface area contributed by atoms with E-state index >= 15 is 0 Å². The van der Waals surface area contributed by atoms with Crippen molar-refractivity contribution in [1.82, 2.24) is 0 Å². The molecule has 17 heavy (non-hydrogen) atoms. The quantitative estimate of drug-likeness (QED) is 0.857. The molecule has 1 nitrogen and oxygen atoms in total. The summed E-state index contributed by atoms with van der Waals surface area (Å²) in [7, 11) is 0. The lowest BCUT2D eigenvalue weighted by molar-refractivity contribution is 0.0678. The van der Waals surface area contributed by atoms with Crippen LogP contribution in [0.2, 0.25) is 0 Å². The van der Waals surface area contributed by atoms with Gasteiger partial charge in [0.05, 0.1) is 6.10 Å². The van der Waals surface area contributed by atoms with Gasteiger partial charge < -0.3 is 5.11 Å². The topological polar surface area (TPSA) is 20.2 Å². The van der Waals surface area contributed by atoms with Crippen LogP contribution in [-0.2, 0) is 0 Å². The van der Waals surface area contributed by atoms with Gasteiger partial charge in [0, 0.05) is 4.47 Å². The molecule has 1 aromatic carbocycles. The minimum Gasteiger partial charge on any atom is -0.388 e. The normalized spacial score (nSPS) is 26.8. The van der Waals surface area contributed by atoms with Crippen LogP contribution in [0.5, 0.6) is 0 Å². The molecule has 0 aromatic heterocycles. The predicted octanol–water partition coefficient (Wildman–Crippen LogP) is 4.70. The fourth-order valence-electron chi connectivity index (χ4n) is 2.95. The highest BCUT2D eigenvalue weighted by Crippen LogP contribution is 2.38. The average Bonchev–Trinajstić information content (AvgIpc) is 2.38.